The van der Waals surface area contributed by atoms with Gasteiger partial charge in [-0.1, -0.05) is 0 Å². The summed E-state index contributed by atoms with van der Waals surface area (Å²) in [5, 5.41) is 0. The van der Waals surface area contributed by atoms with Crippen LogP contribution in [-0.2, 0) is 10.0 Å². The van der Waals surface area contributed by atoms with Crippen LogP contribution in [-0.4, -0.2) is 27.3 Å². The van der Waals surface area contributed by atoms with Gasteiger partial charge in [-0.2, -0.15) is 0 Å². The first-order valence-corrected chi connectivity index (χ1v) is 10.6. The largest absolute Gasteiger partial charge is 0.497 e. The van der Waals surface area contributed by atoms with Gasteiger partial charge in [0.25, 0.3) is 21.8 Å². The highest BCUT2D eigenvalue weighted by molar-refractivity contribution is 7.92. The number of carbonyl (C=O) groups is 2. The molecule has 0 fully saturated rings. The van der Waals surface area contributed by atoms with Crippen LogP contribution in [0.3, 0.4) is 0 Å². The Morgan fingerprint density at radius 1 is 0.903 bits per heavy atom. The highest BCUT2D eigenvalue weighted by Gasteiger charge is 2.17. The van der Waals surface area contributed by atoms with Crippen LogP contribution in [0.25, 0.3) is 0 Å². The van der Waals surface area contributed by atoms with Gasteiger partial charge in [0, 0.05) is 11.3 Å². The van der Waals surface area contributed by atoms with Gasteiger partial charge in [-0.15, -0.1) is 0 Å². The van der Waals surface area contributed by atoms with Crippen LogP contribution in [0.5, 0.6) is 5.75 Å². The fourth-order valence-corrected chi connectivity index (χ4v) is 3.83. The van der Waals surface area contributed by atoms with Crippen molar-refractivity contribution in [3.63, 3.8) is 0 Å². The minimum atomic E-state index is -3.84. The van der Waals surface area contributed by atoms with Crippen LogP contribution in [0.15, 0.2) is 63.9 Å². The van der Waals surface area contributed by atoms with Crippen LogP contribution in [0.2, 0.25) is 0 Å². The molecule has 0 aliphatic heterocycles. The zero-order chi connectivity index (χ0) is 22.6. The molecule has 2 amide bonds. The average Bonchev–Trinajstić information content (AvgIpc) is 3.10. The number of benzene rings is 2. The van der Waals surface area contributed by atoms with E-state index in [0.29, 0.717) is 28.5 Å². The van der Waals surface area contributed by atoms with Crippen molar-refractivity contribution in [2.75, 3.05) is 11.8 Å². The fraction of sp³-hybridized carbons (Fsp3) is 0.143. The van der Waals surface area contributed by atoms with E-state index >= 15 is 0 Å². The van der Waals surface area contributed by atoms with Gasteiger partial charge in [0.2, 0.25) is 0 Å². The van der Waals surface area contributed by atoms with Crippen molar-refractivity contribution in [1.82, 2.24) is 10.9 Å². The topological polar surface area (TPSA) is 127 Å². The molecule has 0 saturated carbocycles. The molecule has 10 heteroatoms. The summed E-state index contributed by atoms with van der Waals surface area (Å²) in [4.78, 5) is 24.4. The number of furan rings is 1. The number of carbonyl (C=O) groups excluding carboxylic acids is 2. The summed E-state index contributed by atoms with van der Waals surface area (Å²) >= 11 is 0. The average molecular weight is 443 g/mol. The van der Waals surface area contributed by atoms with Gasteiger partial charge in [-0.25, -0.2) is 8.42 Å². The summed E-state index contributed by atoms with van der Waals surface area (Å²) in [6.07, 6.45) is 0. The van der Waals surface area contributed by atoms with Gasteiger partial charge in [0.05, 0.1) is 17.6 Å². The van der Waals surface area contributed by atoms with E-state index in [-0.39, 0.29) is 10.5 Å². The van der Waals surface area contributed by atoms with Gasteiger partial charge in [0.15, 0.2) is 0 Å². The molecule has 0 unspecified atom stereocenters. The Bertz CT molecular complexity index is 1200. The minimum absolute atomic E-state index is 0.0200. The number of hydrogen-bond donors (Lipinski definition) is 3. The zero-order valence-corrected chi connectivity index (χ0v) is 17.9. The molecule has 31 heavy (non-hydrogen) atoms. The summed E-state index contributed by atoms with van der Waals surface area (Å²) in [6, 6.07) is 13.3. The second kappa shape index (κ2) is 8.92. The number of ether oxygens (including phenoxy) is 1. The number of nitrogens with one attached hydrogen (secondary N) is 3. The Morgan fingerprint density at radius 3 is 2.06 bits per heavy atom. The van der Waals surface area contributed by atoms with Crippen molar-refractivity contribution in [3.05, 3.63) is 77.2 Å². The van der Waals surface area contributed by atoms with Crippen molar-refractivity contribution in [2.45, 2.75) is 18.7 Å². The van der Waals surface area contributed by atoms with Crippen LogP contribution in [0.4, 0.5) is 5.69 Å². The van der Waals surface area contributed by atoms with Gasteiger partial charge in [0.1, 0.15) is 17.3 Å². The highest BCUT2D eigenvalue weighted by atomic mass is 32.2. The van der Waals surface area contributed by atoms with E-state index in [1.807, 2.05) is 0 Å². The molecule has 9 nitrogen and oxygen atoms in total. The molecule has 3 aromatic rings. The predicted molar refractivity (Wildman–Crippen MR) is 113 cm³/mol. The summed E-state index contributed by atoms with van der Waals surface area (Å²) < 4.78 is 37.8. The van der Waals surface area contributed by atoms with Crippen LogP contribution in [0.1, 0.15) is 32.2 Å². The first-order valence-electron chi connectivity index (χ1n) is 9.14. The lowest BCUT2D eigenvalue weighted by atomic mass is 10.2. The van der Waals surface area contributed by atoms with Gasteiger partial charge in [-0.3, -0.25) is 25.2 Å². The molecule has 2 aromatic carbocycles. The van der Waals surface area contributed by atoms with E-state index in [4.69, 9.17) is 9.15 Å². The summed E-state index contributed by atoms with van der Waals surface area (Å²) in [5.74, 6) is 0.490. The zero-order valence-electron chi connectivity index (χ0n) is 17.1. The Hall–Kier alpha value is -3.79. The van der Waals surface area contributed by atoms with E-state index in [1.165, 1.54) is 31.4 Å². The van der Waals surface area contributed by atoms with E-state index in [0.717, 1.165) is 0 Å². The molecule has 0 aliphatic rings. The first kappa shape index (κ1) is 21.9. The minimum Gasteiger partial charge on any atom is -0.497 e. The van der Waals surface area contributed by atoms with Crippen molar-refractivity contribution in [1.29, 1.82) is 0 Å². The normalized spacial score (nSPS) is 10.9. The third kappa shape index (κ3) is 5.23. The van der Waals surface area contributed by atoms with E-state index in [1.54, 1.807) is 44.2 Å². The number of aryl methyl sites for hydroxylation is 2. The molecule has 1 aromatic heterocycles. The second-order valence-electron chi connectivity index (χ2n) is 6.59. The number of hydrazine groups is 1. The van der Waals surface area contributed by atoms with Crippen LogP contribution >= 0.6 is 0 Å². The summed E-state index contributed by atoms with van der Waals surface area (Å²) in [5.41, 5.74) is 5.43. The lowest BCUT2D eigenvalue weighted by Crippen LogP contribution is -2.41. The second-order valence-corrected chi connectivity index (χ2v) is 8.28. The first-order chi connectivity index (χ1) is 14.7. The maximum Gasteiger partial charge on any atom is 0.273 e. The molecule has 0 aliphatic carbocycles. The third-order valence-electron chi connectivity index (χ3n) is 4.34. The van der Waals surface area contributed by atoms with Crippen molar-refractivity contribution in [3.8, 4) is 5.75 Å². The Labute approximate surface area is 179 Å². The molecule has 162 valence electrons. The summed E-state index contributed by atoms with van der Waals surface area (Å²) in [6.45, 7) is 3.35. The molecule has 0 atom stereocenters. The highest BCUT2D eigenvalue weighted by Crippen LogP contribution is 2.19. The molecule has 1 heterocycles. The van der Waals surface area contributed by atoms with Crippen molar-refractivity contribution < 1.29 is 27.2 Å². The number of methoxy groups -OCH3 is 1. The number of rotatable bonds is 6. The quantitative estimate of drug-likeness (QED) is 0.503. The third-order valence-corrected chi connectivity index (χ3v) is 5.74. The molecule has 0 bridgehead atoms. The molecule has 3 N–H and O–H groups in total. The molecule has 3 rings (SSSR count). The maximum absolute atomic E-state index is 12.5. The van der Waals surface area contributed by atoms with Crippen molar-refractivity contribution in [2.24, 2.45) is 0 Å². The number of anilines is 1. The Morgan fingerprint density at radius 2 is 1.52 bits per heavy atom. The summed E-state index contributed by atoms with van der Waals surface area (Å²) in [7, 11) is -2.33. The van der Waals surface area contributed by atoms with Gasteiger partial charge < -0.3 is 9.15 Å². The van der Waals surface area contributed by atoms with Crippen molar-refractivity contribution >= 4 is 27.5 Å². The Balaban J connectivity index is 1.63. The molecule has 0 radical (unpaired) electrons. The Kier molecular flexibility index (Phi) is 6.30. The maximum atomic E-state index is 12.5. The standard InChI is InChI=1S/C21H21N3O6S/c1-13-12-19(14(2)30-13)21(26)23-22-20(25)15-4-10-18(11-5-15)31(27,28)24-16-6-8-17(29-3)9-7-16/h4-12,24H,1-3H3,(H,22,25)(H,23,26). The molecular weight excluding hydrogens is 422 g/mol. The lowest BCUT2D eigenvalue weighted by molar-refractivity contribution is 0.0845. The monoisotopic (exact) mass is 443 g/mol. The number of sulfonamides is 1. The molecular formula is C21H21N3O6S. The van der Waals surface area contributed by atoms with E-state index < -0.39 is 21.8 Å². The lowest BCUT2D eigenvalue weighted by Gasteiger charge is -2.10. The van der Waals surface area contributed by atoms with Gasteiger partial charge in [-0.05, 0) is 68.4 Å². The van der Waals surface area contributed by atoms with Crippen LogP contribution in [0, 0.1) is 13.8 Å². The predicted octanol–water partition coefficient (Wildman–Crippen LogP) is 2.78. The molecule has 0 saturated heterocycles. The van der Waals surface area contributed by atoms with E-state index in [2.05, 4.69) is 15.6 Å². The van der Waals surface area contributed by atoms with Crippen LogP contribution < -0.4 is 20.3 Å². The van der Waals surface area contributed by atoms with E-state index in [9.17, 15) is 18.0 Å². The number of hydrogen-bond acceptors (Lipinski definition) is 6. The smallest absolute Gasteiger partial charge is 0.273 e. The number of amides is 2. The SMILES string of the molecule is COc1ccc(NS(=O)(=O)c2ccc(C(=O)NNC(=O)c3cc(C)oc3C)cc2)cc1. The molecule has 0 spiro atoms. The fourth-order valence-electron chi connectivity index (χ4n) is 2.77. The van der Waals surface area contributed by atoms with Gasteiger partial charge >= 0.3 is 0 Å².